The maximum absolute atomic E-state index is 5.65. The van der Waals surface area contributed by atoms with Gasteiger partial charge < -0.3 is 14.6 Å². The lowest BCUT2D eigenvalue weighted by molar-refractivity contribution is 0.461. The van der Waals surface area contributed by atoms with E-state index < -0.39 is 0 Å². The van der Waals surface area contributed by atoms with Gasteiger partial charge in [-0.05, 0) is 13.0 Å². The minimum atomic E-state index is 0.636. The fourth-order valence-corrected chi connectivity index (χ4v) is 2.82. The van der Waals surface area contributed by atoms with Crippen LogP contribution in [0.25, 0.3) is 0 Å². The predicted molar refractivity (Wildman–Crippen MR) is 70.4 cm³/mol. The zero-order valence-corrected chi connectivity index (χ0v) is 11.3. The molecular weight excluding hydrogens is 236 g/mol. The van der Waals surface area contributed by atoms with E-state index in [4.69, 9.17) is 4.42 Å². The lowest BCUT2D eigenvalue weighted by Crippen LogP contribution is -2.36. The van der Waals surface area contributed by atoms with E-state index in [1.54, 1.807) is 0 Å². The SMILES string of the molecule is CCCNCc1nnc(N2CCSC(C)C2)o1. The summed E-state index contributed by atoms with van der Waals surface area (Å²) in [5, 5.41) is 12.1. The topological polar surface area (TPSA) is 54.2 Å². The fraction of sp³-hybridized carbons (Fsp3) is 0.818. The first-order valence-electron chi connectivity index (χ1n) is 6.19. The summed E-state index contributed by atoms with van der Waals surface area (Å²) in [5.74, 6) is 1.81. The zero-order chi connectivity index (χ0) is 12.1. The molecule has 1 aliphatic rings. The molecule has 1 aliphatic heterocycles. The lowest BCUT2D eigenvalue weighted by atomic mass is 10.4. The quantitative estimate of drug-likeness (QED) is 0.806. The molecule has 0 spiro atoms. The summed E-state index contributed by atoms with van der Waals surface area (Å²) in [7, 11) is 0. The van der Waals surface area contributed by atoms with Crippen LogP contribution in [0.4, 0.5) is 6.01 Å². The number of anilines is 1. The van der Waals surface area contributed by atoms with Gasteiger partial charge in [0.2, 0.25) is 5.89 Å². The van der Waals surface area contributed by atoms with E-state index in [-0.39, 0.29) is 0 Å². The lowest BCUT2D eigenvalue weighted by Gasteiger charge is -2.28. The summed E-state index contributed by atoms with van der Waals surface area (Å²) in [6.45, 7) is 8.01. The van der Waals surface area contributed by atoms with Gasteiger partial charge in [-0.15, -0.1) is 5.10 Å². The average molecular weight is 256 g/mol. The van der Waals surface area contributed by atoms with Crippen molar-refractivity contribution in [3.8, 4) is 0 Å². The number of nitrogens with one attached hydrogen (secondary N) is 1. The number of rotatable bonds is 5. The van der Waals surface area contributed by atoms with E-state index in [2.05, 4.69) is 34.3 Å². The molecule has 6 heteroatoms. The van der Waals surface area contributed by atoms with Crippen LogP contribution in [0.15, 0.2) is 4.42 Å². The second kappa shape index (κ2) is 6.26. The van der Waals surface area contributed by atoms with Crippen molar-refractivity contribution in [2.45, 2.75) is 32.1 Å². The van der Waals surface area contributed by atoms with Crippen molar-refractivity contribution >= 4 is 17.8 Å². The molecule has 17 heavy (non-hydrogen) atoms. The van der Waals surface area contributed by atoms with Crippen LogP contribution in [0.5, 0.6) is 0 Å². The van der Waals surface area contributed by atoms with Crippen molar-refractivity contribution in [2.75, 3.05) is 30.3 Å². The first-order valence-corrected chi connectivity index (χ1v) is 7.24. The van der Waals surface area contributed by atoms with Crippen LogP contribution in [0.2, 0.25) is 0 Å². The Balaban J connectivity index is 1.88. The number of aromatic nitrogens is 2. The van der Waals surface area contributed by atoms with Gasteiger partial charge in [-0.25, -0.2) is 0 Å². The second-order valence-corrected chi connectivity index (χ2v) is 5.83. The molecule has 0 amide bonds. The standard InChI is InChI=1S/C11H20N4OS/c1-3-4-12-7-10-13-14-11(16-10)15-5-6-17-9(2)8-15/h9,12H,3-8H2,1-2H3. The molecule has 0 saturated carbocycles. The molecule has 1 aromatic rings. The van der Waals surface area contributed by atoms with Gasteiger partial charge in [-0.3, -0.25) is 0 Å². The highest BCUT2D eigenvalue weighted by molar-refractivity contribution is 8.00. The third-order valence-electron chi connectivity index (χ3n) is 2.67. The molecule has 1 N–H and O–H groups in total. The Morgan fingerprint density at radius 3 is 3.18 bits per heavy atom. The monoisotopic (exact) mass is 256 g/mol. The third-order valence-corrected chi connectivity index (χ3v) is 3.81. The number of thioether (sulfide) groups is 1. The van der Waals surface area contributed by atoms with E-state index in [0.717, 1.165) is 31.8 Å². The summed E-state index contributed by atoms with van der Waals surface area (Å²) >= 11 is 2.00. The Morgan fingerprint density at radius 1 is 1.53 bits per heavy atom. The van der Waals surface area contributed by atoms with Crippen LogP contribution >= 0.6 is 11.8 Å². The maximum Gasteiger partial charge on any atom is 0.318 e. The van der Waals surface area contributed by atoms with E-state index in [1.807, 2.05) is 11.8 Å². The van der Waals surface area contributed by atoms with Gasteiger partial charge >= 0.3 is 6.01 Å². The normalized spacial score (nSPS) is 20.8. The molecule has 1 saturated heterocycles. The van der Waals surface area contributed by atoms with E-state index in [0.29, 0.717) is 23.7 Å². The highest BCUT2D eigenvalue weighted by Gasteiger charge is 2.21. The summed E-state index contributed by atoms with van der Waals surface area (Å²) in [6, 6.07) is 0.672. The Hall–Kier alpha value is -0.750. The van der Waals surface area contributed by atoms with Crippen LogP contribution in [-0.2, 0) is 6.54 Å². The number of nitrogens with zero attached hydrogens (tertiary/aromatic N) is 3. The number of hydrogen-bond donors (Lipinski definition) is 1. The molecule has 96 valence electrons. The minimum absolute atomic E-state index is 0.636. The zero-order valence-electron chi connectivity index (χ0n) is 10.5. The molecule has 2 rings (SSSR count). The highest BCUT2D eigenvalue weighted by atomic mass is 32.2. The average Bonchev–Trinajstić information content (AvgIpc) is 2.78. The van der Waals surface area contributed by atoms with Crippen molar-refractivity contribution < 1.29 is 4.42 Å². The van der Waals surface area contributed by atoms with Crippen LogP contribution < -0.4 is 10.2 Å². The summed E-state index contributed by atoms with van der Waals surface area (Å²) in [5.41, 5.74) is 0. The molecule has 0 aromatic carbocycles. The molecule has 0 radical (unpaired) electrons. The first kappa shape index (κ1) is 12.7. The predicted octanol–water partition coefficient (Wildman–Crippen LogP) is 1.51. The Bertz CT molecular complexity index is 344. The number of hydrogen-bond acceptors (Lipinski definition) is 6. The van der Waals surface area contributed by atoms with Crippen LogP contribution in [-0.4, -0.2) is 40.8 Å². The minimum Gasteiger partial charge on any atom is -0.407 e. The Morgan fingerprint density at radius 2 is 2.41 bits per heavy atom. The first-order chi connectivity index (χ1) is 8.29. The molecule has 1 aromatic heterocycles. The van der Waals surface area contributed by atoms with Crippen molar-refractivity contribution in [3.63, 3.8) is 0 Å². The van der Waals surface area contributed by atoms with Crippen LogP contribution in [0, 0.1) is 0 Å². The van der Waals surface area contributed by atoms with Crippen molar-refractivity contribution in [2.24, 2.45) is 0 Å². The van der Waals surface area contributed by atoms with Gasteiger partial charge in [0.1, 0.15) is 0 Å². The summed E-state index contributed by atoms with van der Waals surface area (Å²) < 4.78 is 5.65. The van der Waals surface area contributed by atoms with Crippen molar-refractivity contribution in [3.05, 3.63) is 5.89 Å². The largest absolute Gasteiger partial charge is 0.407 e. The fourth-order valence-electron chi connectivity index (χ4n) is 1.81. The van der Waals surface area contributed by atoms with Crippen molar-refractivity contribution in [1.82, 2.24) is 15.5 Å². The maximum atomic E-state index is 5.65. The molecular formula is C11H20N4OS. The van der Waals surface area contributed by atoms with Gasteiger partial charge in [-0.2, -0.15) is 11.8 Å². The van der Waals surface area contributed by atoms with Gasteiger partial charge in [0.05, 0.1) is 6.54 Å². The van der Waals surface area contributed by atoms with E-state index >= 15 is 0 Å². The molecule has 0 aliphatic carbocycles. The third kappa shape index (κ3) is 3.61. The van der Waals surface area contributed by atoms with Gasteiger partial charge in [0, 0.05) is 24.1 Å². The smallest absolute Gasteiger partial charge is 0.318 e. The molecule has 1 atom stereocenters. The molecule has 5 nitrogen and oxygen atoms in total. The Kier molecular flexibility index (Phi) is 4.67. The molecule has 1 fully saturated rings. The molecule has 1 unspecified atom stereocenters. The molecule has 2 heterocycles. The van der Waals surface area contributed by atoms with E-state index in [1.165, 1.54) is 0 Å². The Labute approximate surface area is 106 Å². The van der Waals surface area contributed by atoms with Gasteiger partial charge in [-0.1, -0.05) is 18.9 Å². The summed E-state index contributed by atoms with van der Waals surface area (Å²) in [6.07, 6.45) is 1.11. The highest BCUT2D eigenvalue weighted by Crippen LogP contribution is 2.22. The van der Waals surface area contributed by atoms with Crippen molar-refractivity contribution in [1.29, 1.82) is 0 Å². The summed E-state index contributed by atoms with van der Waals surface area (Å²) in [4.78, 5) is 2.18. The van der Waals surface area contributed by atoms with E-state index in [9.17, 15) is 0 Å². The molecule has 0 bridgehead atoms. The van der Waals surface area contributed by atoms with Crippen LogP contribution in [0.3, 0.4) is 0 Å². The van der Waals surface area contributed by atoms with Crippen LogP contribution in [0.1, 0.15) is 26.2 Å². The van der Waals surface area contributed by atoms with Gasteiger partial charge in [0.25, 0.3) is 0 Å². The van der Waals surface area contributed by atoms with Gasteiger partial charge in [0.15, 0.2) is 0 Å². The second-order valence-electron chi connectivity index (χ2n) is 4.28.